The minimum atomic E-state index is 0.251. The molecule has 0 atom stereocenters. The van der Waals surface area contributed by atoms with Gasteiger partial charge in [-0.1, -0.05) is 18.9 Å². The summed E-state index contributed by atoms with van der Waals surface area (Å²) in [5, 5.41) is 0. The fourth-order valence-corrected chi connectivity index (χ4v) is 2.51. The third kappa shape index (κ3) is 2.51. The lowest BCUT2D eigenvalue weighted by Gasteiger charge is -2.21. The van der Waals surface area contributed by atoms with Crippen LogP contribution in [0.15, 0.2) is 18.2 Å². The van der Waals surface area contributed by atoms with Gasteiger partial charge in [-0.2, -0.15) is 0 Å². The van der Waals surface area contributed by atoms with Gasteiger partial charge in [0.05, 0.1) is 0 Å². The van der Waals surface area contributed by atoms with E-state index in [2.05, 4.69) is 26.0 Å². The van der Waals surface area contributed by atoms with Crippen molar-refractivity contribution in [3.8, 4) is 0 Å². The van der Waals surface area contributed by atoms with Crippen molar-refractivity contribution in [1.82, 2.24) is 0 Å². The average molecular weight is 231 g/mol. The molecule has 2 rings (SSSR count). The van der Waals surface area contributed by atoms with Crippen molar-refractivity contribution in [2.24, 2.45) is 5.92 Å². The number of benzene rings is 1. The zero-order valence-corrected chi connectivity index (χ0v) is 11.0. The molecule has 1 amide bonds. The normalized spacial score (nSPS) is 16.2. The van der Waals surface area contributed by atoms with E-state index < -0.39 is 0 Å². The van der Waals surface area contributed by atoms with Crippen molar-refractivity contribution >= 4 is 11.6 Å². The topological polar surface area (TPSA) is 20.3 Å². The smallest absolute Gasteiger partial charge is 0.229 e. The van der Waals surface area contributed by atoms with Gasteiger partial charge in [0.15, 0.2) is 0 Å². The minimum absolute atomic E-state index is 0.251. The molecule has 0 aromatic heterocycles. The van der Waals surface area contributed by atoms with Gasteiger partial charge in [0.1, 0.15) is 0 Å². The molecule has 2 nitrogen and oxygen atoms in total. The standard InChI is InChI=1S/C15H21NO/c1-11-8-9-14(10-12(11)2)16(3)15(17)13-6-4-5-7-13/h8-10,13H,4-7H2,1-3H3. The lowest BCUT2D eigenvalue weighted by molar-refractivity contribution is -0.121. The number of hydrogen-bond acceptors (Lipinski definition) is 1. The van der Waals surface area contributed by atoms with Crippen LogP contribution in [-0.2, 0) is 4.79 Å². The van der Waals surface area contributed by atoms with E-state index >= 15 is 0 Å². The number of aryl methyl sites for hydroxylation is 2. The van der Waals surface area contributed by atoms with Crippen LogP contribution in [-0.4, -0.2) is 13.0 Å². The maximum Gasteiger partial charge on any atom is 0.229 e. The van der Waals surface area contributed by atoms with Gasteiger partial charge in [-0.15, -0.1) is 0 Å². The van der Waals surface area contributed by atoms with Crippen LogP contribution in [0.25, 0.3) is 0 Å². The summed E-state index contributed by atoms with van der Waals surface area (Å²) in [5.41, 5.74) is 3.54. The Hall–Kier alpha value is -1.31. The number of amides is 1. The van der Waals surface area contributed by atoms with Crippen LogP contribution >= 0.6 is 0 Å². The highest BCUT2D eigenvalue weighted by Gasteiger charge is 2.26. The molecule has 0 unspecified atom stereocenters. The van der Waals surface area contributed by atoms with E-state index in [4.69, 9.17) is 0 Å². The third-order valence-electron chi connectivity index (χ3n) is 3.91. The predicted molar refractivity (Wildman–Crippen MR) is 71.3 cm³/mol. The van der Waals surface area contributed by atoms with E-state index in [0.29, 0.717) is 0 Å². The highest BCUT2D eigenvalue weighted by Crippen LogP contribution is 2.28. The Bertz CT molecular complexity index is 419. The van der Waals surface area contributed by atoms with Crippen LogP contribution in [0.5, 0.6) is 0 Å². The molecule has 0 N–H and O–H groups in total. The van der Waals surface area contributed by atoms with Gasteiger partial charge >= 0.3 is 0 Å². The molecule has 0 bridgehead atoms. The van der Waals surface area contributed by atoms with E-state index in [-0.39, 0.29) is 11.8 Å². The van der Waals surface area contributed by atoms with Crippen molar-refractivity contribution in [3.05, 3.63) is 29.3 Å². The largest absolute Gasteiger partial charge is 0.315 e. The number of carbonyl (C=O) groups excluding carboxylic acids is 1. The van der Waals surface area contributed by atoms with Crippen molar-refractivity contribution in [1.29, 1.82) is 0 Å². The molecule has 0 aliphatic heterocycles. The number of nitrogens with zero attached hydrogens (tertiary/aromatic N) is 1. The molecule has 0 saturated heterocycles. The zero-order valence-electron chi connectivity index (χ0n) is 11.0. The number of anilines is 1. The van der Waals surface area contributed by atoms with E-state index in [9.17, 15) is 4.79 Å². The average Bonchev–Trinajstić information content (AvgIpc) is 2.84. The Kier molecular flexibility index (Phi) is 3.51. The summed E-state index contributed by atoms with van der Waals surface area (Å²) in [6.45, 7) is 4.19. The van der Waals surface area contributed by atoms with Gasteiger partial charge in [-0.05, 0) is 49.9 Å². The summed E-state index contributed by atoms with van der Waals surface area (Å²) >= 11 is 0. The fourth-order valence-electron chi connectivity index (χ4n) is 2.51. The van der Waals surface area contributed by atoms with E-state index in [1.54, 1.807) is 0 Å². The van der Waals surface area contributed by atoms with Crippen LogP contribution in [0.2, 0.25) is 0 Å². The van der Waals surface area contributed by atoms with Crippen molar-refractivity contribution < 1.29 is 4.79 Å². The molecular weight excluding hydrogens is 210 g/mol. The molecule has 1 saturated carbocycles. The Morgan fingerprint density at radius 1 is 1.18 bits per heavy atom. The first-order valence-electron chi connectivity index (χ1n) is 6.44. The molecule has 0 heterocycles. The maximum absolute atomic E-state index is 12.3. The summed E-state index contributed by atoms with van der Waals surface area (Å²) in [6.07, 6.45) is 4.54. The lowest BCUT2D eigenvalue weighted by Crippen LogP contribution is -2.31. The molecule has 0 spiro atoms. The van der Waals surface area contributed by atoms with Gasteiger partial charge in [0.25, 0.3) is 0 Å². The second-order valence-corrected chi connectivity index (χ2v) is 5.15. The van der Waals surface area contributed by atoms with Gasteiger partial charge in [-0.3, -0.25) is 4.79 Å². The van der Waals surface area contributed by atoms with Gasteiger partial charge in [0.2, 0.25) is 5.91 Å². The molecule has 1 aliphatic carbocycles. The molecule has 1 aromatic rings. The van der Waals surface area contributed by atoms with Crippen molar-refractivity contribution in [2.45, 2.75) is 39.5 Å². The fraction of sp³-hybridized carbons (Fsp3) is 0.533. The molecule has 1 fully saturated rings. The summed E-state index contributed by atoms with van der Waals surface area (Å²) in [4.78, 5) is 14.1. The first-order valence-corrected chi connectivity index (χ1v) is 6.44. The second kappa shape index (κ2) is 4.91. The monoisotopic (exact) mass is 231 g/mol. The van der Waals surface area contributed by atoms with Crippen molar-refractivity contribution in [2.75, 3.05) is 11.9 Å². The molecule has 0 radical (unpaired) electrons. The van der Waals surface area contributed by atoms with Crippen LogP contribution < -0.4 is 4.90 Å². The van der Waals surface area contributed by atoms with E-state index in [1.165, 1.54) is 24.0 Å². The van der Waals surface area contributed by atoms with Crippen LogP contribution in [0, 0.1) is 19.8 Å². The van der Waals surface area contributed by atoms with Crippen molar-refractivity contribution in [3.63, 3.8) is 0 Å². The van der Waals surface area contributed by atoms with E-state index in [0.717, 1.165) is 18.5 Å². The third-order valence-corrected chi connectivity index (χ3v) is 3.91. The molecule has 92 valence electrons. The molecule has 17 heavy (non-hydrogen) atoms. The number of hydrogen-bond donors (Lipinski definition) is 0. The number of rotatable bonds is 2. The predicted octanol–water partition coefficient (Wildman–Crippen LogP) is 3.46. The van der Waals surface area contributed by atoms with Gasteiger partial charge in [0, 0.05) is 18.7 Å². The minimum Gasteiger partial charge on any atom is -0.315 e. The first-order chi connectivity index (χ1) is 8.09. The van der Waals surface area contributed by atoms with Gasteiger partial charge < -0.3 is 4.90 Å². The van der Waals surface area contributed by atoms with E-state index in [1.807, 2.05) is 18.0 Å². The van der Waals surface area contributed by atoms with Gasteiger partial charge in [-0.25, -0.2) is 0 Å². The summed E-state index contributed by atoms with van der Waals surface area (Å²) < 4.78 is 0. The lowest BCUT2D eigenvalue weighted by atomic mass is 10.1. The highest BCUT2D eigenvalue weighted by atomic mass is 16.2. The van der Waals surface area contributed by atoms with Crippen LogP contribution in [0.4, 0.5) is 5.69 Å². The Labute approximate surface area is 104 Å². The maximum atomic E-state index is 12.3. The zero-order chi connectivity index (χ0) is 12.4. The SMILES string of the molecule is Cc1ccc(N(C)C(=O)C2CCCC2)cc1C. The molecular formula is C15H21NO. The highest BCUT2D eigenvalue weighted by molar-refractivity contribution is 5.94. The first kappa shape index (κ1) is 12.2. The Morgan fingerprint density at radius 3 is 2.41 bits per heavy atom. The molecule has 2 heteroatoms. The molecule has 1 aliphatic rings. The van der Waals surface area contributed by atoms with Crippen LogP contribution in [0.3, 0.4) is 0 Å². The Morgan fingerprint density at radius 2 is 1.82 bits per heavy atom. The summed E-state index contributed by atoms with van der Waals surface area (Å²) in [5.74, 6) is 0.535. The molecule has 1 aromatic carbocycles. The second-order valence-electron chi connectivity index (χ2n) is 5.15. The van der Waals surface area contributed by atoms with Crippen LogP contribution in [0.1, 0.15) is 36.8 Å². The quantitative estimate of drug-likeness (QED) is 0.763. The Balaban J connectivity index is 2.15. The summed E-state index contributed by atoms with van der Waals surface area (Å²) in [6, 6.07) is 6.22. The number of carbonyl (C=O) groups is 1. The summed E-state index contributed by atoms with van der Waals surface area (Å²) in [7, 11) is 1.89.